The largest absolute Gasteiger partial charge is 0.313 e. The molecule has 1 aromatic rings. The number of rotatable bonds is 2. The van der Waals surface area contributed by atoms with Crippen LogP contribution >= 0.6 is 23.2 Å². The van der Waals surface area contributed by atoms with E-state index in [2.05, 4.69) is 0 Å². The highest BCUT2D eigenvalue weighted by atomic mass is 35.5. The quantitative estimate of drug-likeness (QED) is 0.639. The van der Waals surface area contributed by atoms with Gasteiger partial charge in [-0.3, -0.25) is 9.59 Å². The van der Waals surface area contributed by atoms with E-state index in [9.17, 15) is 18.4 Å². The van der Waals surface area contributed by atoms with Crippen molar-refractivity contribution >= 4 is 28.4 Å². The van der Waals surface area contributed by atoms with Crippen LogP contribution in [0.1, 0.15) is 22.3 Å². The third-order valence-electron chi connectivity index (χ3n) is 1.47. The number of aromatic amines is 1. The minimum atomic E-state index is -3.08. The molecule has 0 atom stereocenters. The topological polar surface area (TPSA) is 49.9 Å². The SMILES string of the molecule is O=C(Cl)c1cc(Cl)[nH]c(=O)c1C(F)F. The third kappa shape index (κ3) is 2.10. The van der Waals surface area contributed by atoms with Crippen molar-refractivity contribution in [1.29, 1.82) is 0 Å². The second kappa shape index (κ2) is 4.06. The highest BCUT2D eigenvalue weighted by Crippen LogP contribution is 2.22. The Morgan fingerprint density at radius 3 is 2.50 bits per heavy atom. The highest BCUT2D eigenvalue weighted by molar-refractivity contribution is 6.68. The summed E-state index contributed by atoms with van der Waals surface area (Å²) in [6.07, 6.45) is -3.08. The molecule has 1 heterocycles. The van der Waals surface area contributed by atoms with Gasteiger partial charge in [-0.05, 0) is 17.7 Å². The van der Waals surface area contributed by atoms with Gasteiger partial charge in [0, 0.05) is 0 Å². The van der Waals surface area contributed by atoms with Gasteiger partial charge in [0.05, 0.1) is 11.1 Å². The van der Waals surface area contributed by atoms with Crippen LogP contribution in [0.15, 0.2) is 10.9 Å². The summed E-state index contributed by atoms with van der Waals surface area (Å²) in [4.78, 5) is 23.6. The molecule has 0 saturated heterocycles. The van der Waals surface area contributed by atoms with Crippen LogP contribution in [0, 0.1) is 0 Å². The second-order valence-electron chi connectivity index (χ2n) is 2.35. The van der Waals surface area contributed by atoms with Gasteiger partial charge in [-0.1, -0.05) is 11.6 Å². The van der Waals surface area contributed by atoms with Crippen LogP contribution in [0.3, 0.4) is 0 Å². The van der Waals surface area contributed by atoms with Crippen molar-refractivity contribution in [2.45, 2.75) is 6.43 Å². The molecule has 0 amide bonds. The standard InChI is InChI=1S/C7H3Cl2F2NO2/c8-3-1-2(5(9)13)4(6(10)11)7(14)12-3/h1,6H,(H,12,14). The molecular formula is C7H3Cl2F2NO2. The minimum Gasteiger partial charge on any atom is -0.313 e. The second-order valence-corrected chi connectivity index (χ2v) is 3.10. The number of nitrogens with one attached hydrogen (secondary N) is 1. The van der Waals surface area contributed by atoms with E-state index in [0.29, 0.717) is 0 Å². The molecule has 0 aliphatic carbocycles. The predicted octanol–water partition coefficient (Wildman–Crippen LogP) is 2.34. The smallest absolute Gasteiger partial charge is 0.269 e. The normalized spacial score (nSPS) is 10.6. The molecule has 76 valence electrons. The van der Waals surface area contributed by atoms with Crippen molar-refractivity contribution in [2.24, 2.45) is 0 Å². The fraction of sp³-hybridized carbons (Fsp3) is 0.143. The average Bonchev–Trinajstić information content (AvgIpc) is 2.01. The fourth-order valence-electron chi connectivity index (χ4n) is 0.918. The molecule has 1 rings (SSSR count). The van der Waals surface area contributed by atoms with Crippen LogP contribution in [0.5, 0.6) is 0 Å². The first kappa shape index (κ1) is 11.1. The molecule has 0 fully saturated rings. The van der Waals surface area contributed by atoms with E-state index < -0.39 is 28.4 Å². The maximum Gasteiger partial charge on any atom is 0.269 e. The minimum absolute atomic E-state index is 0.219. The van der Waals surface area contributed by atoms with Gasteiger partial charge < -0.3 is 4.98 Å². The van der Waals surface area contributed by atoms with Gasteiger partial charge in [-0.15, -0.1) is 0 Å². The number of H-pyrrole nitrogens is 1. The van der Waals surface area contributed by atoms with Gasteiger partial charge in [0.2, 0.25) is 0 Å². The fourth-order valence-corrected chi connectivity index (χ4v) is 1.27. The van der Waals surface area contributed by atoms with Crippen LogP contribution in [-0.2, 0) is 0 Å². The summed E-state index contributed by atoms with van der Waals surface area (Å²) in [5.74, 6) is 0. The molecule has 3 nitrogen and oxygen atoms in total. The molecule has 0 unspecified atom stereocenters. The van der Waals surface area contributed by atoms with E-state index in [-0.39, 0.29) is 5.15 Å². The summed E-state index contributed by atoms with van der Waals surface area (Å²) >= 11 is 10.4. The average molecular weight is 242 g/mol. The van der Waals surface area contributed by atoms with Gasteiger partial charge in [0.1, 0.15) is 5.15 Å². The number of carbonyl (C=O) groups is 1. The molecule has 0 saturated carbocycles. The predicted molar refractivity (Wildman–Crippen MR) is 47.2 cm³/mol. The first-order valence-electron chi connectivity index (χ1n) is 3.34. The van der Waals surface area contributed by atoms with Gasteiger partial charge in [-0.2, -0.15) is 0 Å². The molecule has 0 radical (unpaired) electrons. The van der Waals surface area contributed by atoms with Crippen LogP contribution in [0.4, 0.5) is 8.78 Å². The molecule has 14 heavy (non-hydrogen) atoms. The Hall–Kier alpha value is -0.940. The summed E-state index contributed by atoms with van der Waals surface area (Å²) in [6.45, 7) is 0. The number of carbonyl (C=O) groups excluding carboxylic acids is 1. The number of aromatic nitrogens is 1. The summed E-state index contributed by atoms with van der Waals surface area (Å²) in [6, 6.07) is 0.889. The maximum absolute atomic E-state index is 12.3. The van der Waals surface area contributed by atoms with E-state index >= 15 is 0 Å². The van der Waals surface area contributed by atoms with Crippen LogP contribution in [0.2, 0.25) is 5.15 Å². The summed E-state index contributed by atoms with van der Waals surface area (Å²) < 4.78 is 24.6. The maximum atomic E-state index is 12.3. The zero-order chi connectivity index (χ0) is 10.9. The summed E-state index contributed by atoms with van der Waals surface area (Å²) in [5, 5.41) is -1.36. The van der Waals surface area contributed by atoms with Crippen LogP contribution in [0.25, 0.3) is 0 Å². The summed E-state index contributed by atoms with van der Waals surface area (Å²) in [7, 11) is 0. The number of hydrogen-bond acceptors (Lipinski definition) is 2. The van der Waals surface area contributed by atoms with E-state index in [0.717, 1.165) is 6.07 Å². The van der Waals surface area contributed by atoms with E-state index in [4.69, 9.17) is 23.2 Å². The van der Waals surface area contributed by atoms with Crippen molar-refractivity contribution in [3.8, 4) is 0 Å². The molecular weight excluding hydrogens is 239 g/mol. The zero-order valence-corrected chi connectivity index (χ0v) is 7.99. The van der Waals surface area contributed by atoms with Gasteiger partial charge in [0.25, 0.3) is 17.2 Å². The van der Waals surface area contributed by atoms with E-state index in [1.165, 1.54) is 0 Å². The van der Waals surface area contributed by atoms with Crippen LogP contribution < -0.4 is 5.56 Å². The first-order chi connectivity index (χ1) is 6.43. The molecule has 1 N–H and O–H groups in total. The van der Waals surface area contributed by atoms with Gasteiger partial charge >= 0.3 is 0 Å². The molecule has 0 aliphatic heterocycles. The Balaban J connectivity index is 3.53. The van der Waals surface area contributed by atoms with E-state index in [1.807, 2.05) is 4.98 Å². The monoisotopic (exact) mass is 241 g/mol. The Labute approximate surface area is 86.6 Å². The van der Waals surface area contributed by atoms with Crippen molar-refractivity contribution < 1.29 is 13.6 Å². The lowest BCUT2D eigenvalue weighted by Crippen LogP contribution is -2.17. The van der Waals surface area contributed by atoms with Crippen molar-refractivity contribution in [1.82, 2.24) is 4.98 Å². The molecule has 7 heteroatoms. The lowest BCUT2D eigenvalue weighted by atomic mass is 10.1. The number of pyridine rings is 1. The van der Waals surface area contributed by atoms with E-state index in [1.54, 1.807) is 0 Å². The Morgan fingerprint density at radius 2 is 2.07 bits per heavy atom. The Bertz CT molecular complexity index is 430. The highest BCUT2D eigenvalue weighted by Gasteiger charge is 2.21. The number of alkyl halides is 2. The lowest BCUT2D eigenvalue weighted by molar-refractivity contribution is 0.106. The van der Waals surface area contributed by atoms with Crippen molar-refractivity contribution in [2.75, 3.05) is 0 Å². The van der Waals surface area contributed by atoms with Crippen molar-refractivity contribution in [3.63, 3.8) is 0 Å². The zero-order valence-electron chi connectivity index (χ0n) is 6.48. The third-order valence-corrected chi connectivity index (χ3v) is 1.88. The van der Waals surface area contributed by atoms with Crippen LogP contribution in [-0.4, -0.2) is 10.2 Å². The number of hydrogen-bond donors (Lipinski definition) is 1. The van der Waals surface area contributed by atoms with Gasteiger partial charge in [-0.25, -0.2) is 8.78 Å². The molecule has 0 aliphatic rings. The first-order valence-corrected chi connectivity index (χ1v) is 4.09. The molecule has 0 bridgehead atoms. The molecule has 1 aromatic heterocycles. The molecule has 0 aromatic carbocycles. The Kier molecular flexibility index (Phi) is 3.23. The van der Waals surface area contributed by atoms with Gasteiger partial charge in [0.15, 0.2) is 0 Å². The summed E-state index contributed by atoms with van der Waals surface area (Å²) in [5.41, 5.74) is -2.65. The Morgan fingerprint density at radius 1 is 1.50 bits per heavy atom. The molecule has 0 spiro atoms. The lowest BCUT2D eigenvalue weighted by Gasteiger charge is -2.03. The number of halogens is 4. The van der Waals surface area contributed by atoms with Crippen molar-refractivity contribution in [3.05, 3.63) is 32.7 Å².